The van der Waals surface area contributed by atoms with E-state index in [2.05, 4.69) is 22.7 Å². The van der Waals surface area contributed by atoms with E-state index in [1.54, 1.807) is 34.2 Å². The summed E-state index contributed by atoms with van der Waals surface area (Å²) in [6.07, 6.45) is 7.63. The van der Waals surface area contributed by atoms with E-state index in [4.69, 9.17) is 4.52 Å². The van der Waals surface area contributed by atoms with Crippen molar-refractivity contribution in [1.82, 2.24) is 9.84 Å². The van der Waals surface area contributed by atoms with Crippen molar-refractivity contribution in [3.05, 3.63) is 60.8 Å². The molecule has 0 radical (unpaired) electrons. The Morgan fingerprint density at radius 2 is 2.08 bits per heavy atom. The molecule has 134 valence electrons. The Kier molecular flexibility index (Phi) is 8.04. The lowest BCUT2D eigenvalue weighted by molar-refractivity contribution is -0.782. The summed E-state index contributed by atoms with van der Waals surface area (Å²) >= 11 is 0. The van der Waals surface area contributed by atoms with E-state index in [1.165, 1.54) is 10.1 Å². The highest BCUT2D eigenvalue weighted by atomic mass is 127. The first-order valence-electron chi connectivity index (χ1n) is 7.38. The van der Waals surface area contributed by atoms with Gasteiger partial charge in [0.05, 0.1) is 7.05 Å². The topological polar surface area (TPSA) is 67.8 Å². The van der Waals surface area contributed by atoms with E-state index in [1.807, 2.05) is 32.2 Å². The first-order valence-corrected chi connectivity index (χ1v) is 7.38. The lowest BCUT2D eigenvalue weighted by Crippen LogP contribution is -3.00. The van der Waals surface area contributed by atoms with Gasteiger partial charge in [-0.3, -0.25) is 4.52 Å². The summed E-state index contributed by atoms with van der Waals surface area (Å²) in [7, 11) is 1.84. The number of nitrogens with one attached hydrogen (secondary N) is 1. The summed E-state index contributed by atoms with van der Waals surface area (Å²) in [5, 5.41) is 6.65. The van der Waals surface area contributed by atoms with E-state index in [0.717, 1.165) is 6.42 Å². The molecule has 1 amide bonds. The van der Waals surface area contributed by atoms with E-state index < -0.39 is 0 Å². The molecule has 9 heteroatoms. The number of nitrogens with zero attached hydrogens (tertiary/aromatic N) is 4. The van der Waals surface area contributed by atoms with Gasteiger partial charge in [0.15, 0.2) is 6.04 Å². The third-order valence-electron chi connectivity index (χ3n) is 3.54. The highest BCUT2D eigenvalue weighted by Gasteiger charge is 2.22. The molecule has 0 aliphatic carbocycles. The molecule has 7 nitrogen and oxygen atoms in total. The number of rotatable bonds is 4. The van der Waals surface area contributed by atoms with Gasteiger partial charge in [0.2, 0.25) is 5.27 Å². The second-order valence-electron chi connectivity index (χ2n) is 5.50. The summed E-state index contributed by atoms with van der Waals surface area (Å²) < 4.78 is 10.1. The molecular weight excluding hydrogens is 457 g/mol. The fourth-order valence-corrected chi connectivity index (χ4v) is 2.31. The number of carbonyl (C=O) groups excluding carboxylic acids is 1. The molecule has 1 aromatic carbocycles. The summed E-state index contributed by atoms with van der Waals surface area (Å²) in [4.78, 5) is 12.0. The van der Waals surface area contributed by atoms with E-state index in [-0.39, 0.29) is 48.5 Å². The van der Waals surface area contributed by atoms with Gasteiger partial charge in [-0.1, -0.05) is 30.3 Å². The van der Waals surface area contributed by atoms with Gasteiger partial charge in [-0.05, 0) is 10.2 Å². The lowest BCUT2D eigenvalue weighted by atomic mass is 10.1. The third-order valence-corrected chi connectivity index (χ3v) is 3.54. The SMILES string of the molecule is CC(Cc1ccccc1)[n+]1cc(NC(=O)n2cc[n+](C)c2)on1.[Cl-].[I-]. The highest BCUT2D eigenvalue weighted by molar-refractivity contribution is 5.89. The average Bonchev–Trinajstić information content (AvgIpc) is 3.17. The molecule has 3 rings (SSSR count). The number of anilines is 1. The predicted molar refractivity (Wildman–Crippen MR) is 81.6 cm³/mol. The van der Waals surface area contributed by atoms with Gasteiger partial charge >= 0.3 is 11.9 Å². The molecule has 2 heterocycles. The number of hydrogen-bond acceptors (Lipinski definition) is 3. The molecule has 0 bridgehead atoms. The number of aryl methyl sites for hydroxylation is 1. The normalized spacial score (nSPS) is 11.1. The van der Waals surface area contributed by atoms with Crippen molar-refractivity contribution in [2.24, 2.45) is 7.05 Å². The van der Waals surface area contributed by atoms with Gasteiger partial charge in [-0.25, -0.2) is 14.7 Å². The standard InChI is InChI=1S/C16H18N5O2.ClH.HI/c1-13(10-14-6-4-3-5-7-14)21-11-15(23-18-21)17-16(22)20-9-8-19(2)12-20;;/h3-9,11-13H,10H2,1-2H3;2*1H/q+1;;/p-1. The quantitative estimate of drug-likeness (QED) is 0.306. The fourth-order valence-electron chi connectivity index (χ4n) is 2.31. The average molecular weight is 476 g/mol. The minimum Gasteiger partial charge on any atom is -1.00 e. The van der Waals surface area contributed by atoms with Crippen molar-refractivity contribution in [3.63, 3.8) is 0 Å². The van der Waals surface area contributed by atoms with Gasteiger partial charge < -0.3 is 36.4 Å². The van der Waals surface area contributed by atoms with Gasteiger partial charge in [0, 0.05) is 13.3 Å². The van der Waals surface area contributed by atoms with Crippen molar-refractivity contribution in [2.75, 3.05) is 5.32 Å². The number of benzene rings is 1. The maximum atomic E-state index is 12.0. The number of aromatic nitrogens is 4. The van der Waals surface area contributed by atoms with Crippen LogP contribution in [0.15, 0.2) is 59.8 Å². The predicted octanol–water partition coefficient (Wildman–Crippen LogP) is -4.52. The van der Waals surface area contributed by atoms with Crippen LogP contribution >= 0.6 is 0 Å². The van der Waals surface area contributed by atoms with Crippen molar-refractivity contribution >= 4 is 11.9 Å². The van der Waals surface area contributed by atoms with Gasteiger partial charge in [-0.2, -0.15) is 4.57 Å². The van der Waals surface area contributed by atoms with Crippen molar-refractivity contribution in [3.8, 4) is 0 Å². The Balaban J connectivity index is 0.00000156. The second-order valence-corrected chi connectivity index (χ2v) is 5.50. The fraction of sp³-hybridized carbons (Fsp3) is 0.250. The molecule has 25 heavy (non-hydrogen) atoms. The molecule has 0 saturated carbocycles. The van der Waals surface area contributed by atoms with Crippen LogP contribution in [0.2, 0.25) is 0 Å². The van der Waals surface area contributed by atoms with E-state index >= 15 is 0 Å². The van der Waals surface area contributed by atoms with Crippen LogP contribution in [0.25, 0.3) is 0 Å². The summed E-state index contributed by atoms with van der Waals surface area (Å²) in [6.45, 7) is 2.05. The first-order chi connectivity index (χ1) is 11.1. The lowest BCUT2D eigenvalue weighted by Gasteiger charge is -2.01. The highest BCUT2D eigenvalue weighted by Crippen LogP contribution is 2.09. The molecule has 0 fully saturated rings. The van der Waals surface area contributed by atoms with Crippen molar-refractivity contribution in [1.29, 1.82) is 0 Å². The Bertz CT molecular complexity index is 806. The molecule has 1 atom stereocenters. The maximum Gasteiger partial charge on any atom is 0.420 e. The molecule has 1 unspecified atom stereocenters. The van der Waals surface area contributed by atoms with Crippen LogP contribution in [0.5, 0.6) is 0 Å². The van der Waals surface area contributed by atoms with Crippen molar-refractivity contribution < 1.29 is 55.0 Å². The molecule has 1 N–H and O–H groups in total. The van der Waals surface area contributed by atoms with Crippen LogP contribution < -0.4 is 50.9 Å². The zero-order valence-electron chi connectivity index (χ0n) is 13.8. The summed E-state index contributed by atoms with van der Waals surface area (Å²) in [5.41, 5.74) is 1.22. The van der Waals surface area contributed by atoms with Crippen LogP contribution in [-0.4, -0.2) is 15.9 Å². The zero-order valence-corrected chi connectivity index (χ0v) is 16.8. The Hall–Kier alpha value is -1.94. The van der Waals surface area contributed by atoms with Crippen LogP contribution in [0, 0.1) is 0 Å². The van der Waals surface area contributed by atoms with Crippen LogP contribution in [-0.2, 0) is 13.5 Å². The number of hydrogen-bond donors (Lipinski definition) is 1. The monoisotopic (exact) mass is 475 g/mol. The molecule has 0 aliphatic rings. The molecule has 3 aromatic rings. The maximum absolute atomic E-state index is 12.0. The second kappa shape index (κ2) is 9.52. The van der Waals surface area contributed by atoms with E-state index in [0.29, 0.717) is 5.88 Å². The van der Waals surface area contributed by atoms with Gasteiger partial charge in [0.1, 0.15) is 12.4 Å². The number of halogens is 2. The number of imidazole rings is 1. The third kappa shape index (κ3) is 5.53. The largest absolute Gasteiger partial charge is 1.00 e. The van der Waals surface area contributed by atoms with E-state index in [9.17, 15) is 4.79 Å². The molecular formula is C16H19ClIN5O2. The molecule has 0 saturated heterocycles. The van der Waals surface area contributed by atoms with Crippen LogP contribution in [0.4, 0.5) is 10.7 Å². The van der Waals surface area contributed by atoms with Gasteiger partial charge in [0.25, 0.3) is 12.5 Å². The smallest absolute Gasteiger partial charge is 0.420 e. The van der Waals surface area contributed by atoms with Crippen LogP contribution in [0.1, 0.15) is 18.5 Å². The van der Waals surface area contributed by atoms with Crippen LogP contribution in [0.3, 0.4) is 0 Å². The first kappa shape index (κ1) is 21.1. The van der Waals surface area contributed by atoms with Gasteiger partial charge in [-0.15, -0.1) is 0 Å². The summed E-state index contributed by atoms with van der Waals surface area (Å²) in [5.74, 6) is 0.311. The zero-order chi connectivity index (χ0) is 16.2. The van der Waals surface area contributed by atoms with Crippen molar-refractivity contribution in [2.45, 2.75) is 19.4 Å². The Morgan fingerprint density at radius 1 is 1.36 bits per heavy atom. The number of carbonyl (C=O) groups is 1. The Labute approximate surface area is 169 Å². The molecule has 0 spiro atoms. The minimum atomic E-state index is -0.301. The molecule has 2 aromatic heterocycles. The summed E-state index contributed by atoms with van der Waals surface area (Å²) in [6, 6.07) is 9.99. The minimum absolute atomic E-state index is 0. The Morgan fingerprint density at radius 3 is 2.72 bits per heavy atom. The molecule has 0 aliphatic heterocycles. The number of amides is 1.